The topological polar surface area (TPSA) is 77.9 Å². The van der Waals surface area contributed by atoms with Crippen LogP contribution in [0.3, 0.4) is 0 Å². The average molecular weight is 296 g/mol. The lowest BCUT2D eigenvalue weighted by molar-refractivity contribution is 0.238. The van der Waals surface area contributed by atoms with Crippen LogP contribution in [0.1, 0.15) is 17.0 Å². The summed E-state index contributed by atoms with van der Waals surface area (Å²) in [7, 11) is 0. The van der Waals surface area contributed by atoms with E-state index in [0.717, 1.165) is 30.8 Å². The maximum Gasteiger partial charge on any atom is 0.254 e. The second kappa shape index (κ2) is 5.31. The number of fused-ring (bicyclic) bond motifs is 1. The van der Waals surface area contributed by atoms with Crippen molar-refractivity contribution in [3.8, 4) is 11.6 Å². The Bertz CT molecular complexity index is 818. The maximum atomic E-state index is 12.2. The summed E-state index contributed by atoms with van der Waals surface area (Å²) < 4.78 is 5.33. The lowest BCUT2D eigenvalue weighted by Gasteiger charge is -2.27. The van der Waals surface area contributed by atoms with Gasteiger partial charge in [-0.15, -0.1) is 0 Å². The van der Waals surface area contributed by atoms with E-state index in [9.17, 15) is 4.79 Å². The lowest BCUT2D eigenvalue weighted by Crippen LogP contribution is -2.35. The molecule has 0 amide bonds. The molecule has 1 aliphatic rings. The van der Waals surface area contributed by atoms with E-state index in [4.69, 9.17) is 4.42 Å². The van der Waals surface area contributed by atoms with E-state index >= 15 is 0 Å². The highest BCUT2D eigenvalue weighted by molar-refractivity contribution is 5.46. The summed E-state index contributed by atoms with van der Waals surface area (Å²) in [5.74, 6) is 1.08. The van der Waals surface area contributed by atoms with Crippen molar-refractivity contribution in [2.75, 3.05) is 6.54 Å². The van der Waals surface area contributed by atoms with Crippen LogP contribution in [0.5, 0.6) is 0 Å². The Balaban J connectivity index is 1.64. The molecule has 0 bridgehead atoms. The van der Waals surface area contributed by atoms with Crippen molar-refractivity contribution in [2.24, 2.45) is 0 Å². The number of nitrogens with one attached hydrogen (secondary N) is 2. The molecular formula is C16H16N4O2. The lowest BCUT2D eigenvalue weighted by atomic mass is 10.1. The first-order valence-electron chi connectivity index (χ1n) is 7.30. The predicted octanol–water partition coefficient (Wildman–Crippen LogP) is 1.92. The molecule has 1 aliphatic heterocycles. The van der Waals surface area contributed by atoms with Gasteiger partial charge in [-0.05, 0) is 30.7 Å². The van der Waals surface area contributed by atoms with Crippen LogP contribution in [0.15, 0.2) is 45.9 Å². The number of nitrogens with zero attached hydrogens (tertiary/aromatic N) is 2. The largest absolute Gasteiger partial charge is 0.461 e. The first kappa shape index (κ1) is 13.1. The van der Waals surface area contributed by atoms with Crippen molar-refractivity contribution >= 4 is 0 Å². The van der Waals surface area contributed by atoms with E-state index in [0.29, 0.717) is 18.1 Å². The van der Waals surface area contributed by atoms with E-state index < -0.39 is 0 Å². The molecule has 0 aliphatic carbocycles. The molecule has 0 radical (unpaired) electrons. The Morgan fingerprint density at radius 3 is 3.05 bits per heavy atom. The monoisotopic (exact) mass is 296 g/mol. The van der Waals surface area contributed by atoms with Crippen molar-refractivity contribution in [2.45, 2.75) is 19.5 Å². The second-order valence-electron chi connectivity index (χ2n) is 5.47. The van der Waals surface area contributed by atoms with Crippen LogP contribution < -0.4 is 5.56 Å². The molecule has 0 aromatic carbocycles. The number of hydrogen-bond donors (Lipinski definition) is 2. The average Bonchev–Trinajstić information content (AvgIpc) is 3.20. The first-order chi connectivity index (χ1) is 10.8. The molecule has 4 heterocycles. The quantitative estimate of drug-likeness (QED) is 0.774. The fourth-order valence-corrected chi connectivity index (χ4v) is 2.87. The summed E-state index contributed by atoms with van der Waals surface area (Å²) in [4.78, 5) is 25.1. The highest BCUT2D eigenvalue weighted by Gasteiger charge is 2.22. The van der Waals surface area contributed by atoms with Crippen molar-refractivity contribution in [3.05, 3.63) is 64.0 Å². The fraction of sp³-hybridized carbons (Fsp3) is 0.250. The Kier molecular flexibility index (Phi) is 3.16. The second-order valence-corrected chi connectivity index (χ2v) is 5.47. The van der Waals surface area contributed by atoms with Gasteiger partial charge in [0.25, 0.3) is 5.56 Å². The molecule has 0 fully saturated rings. The van der Waals surface area contributed by atoms with Gasteiger partial charge in [-0.2, -0.15) is 0 Å². The number of aromatic amines is 2. The summed E-state index contributed by atoms with van der Waals surface area (Å²) in [6, 6.07) is 7.64. The fourth-order valence-electron chi connectivity index (χ4n) is 2.87. The van der Waals surface area contributed by atoms with Crippen LogP contribution in [-0.2, 0) is 19.5 Å². The smallest absolute Gasteiger partial charge is 0.254 e. The van der Waals surface area contributed by atoms with Gasteiger partial charge in [-0.3, -0.25) is 9.69 Å². The first-order valence-corrected chi connectivity index (χ1v) is 7.30. The standard InChI is InChI=1S/C16H16N4O2/c21-16-12-5-7-20(9-11-3-1-6-17-11)10-13(12)18-15(19-16)14-4-2-8-22-14/h1-4,6,8,17H,5,7,9-10H2,(H,18,19,21). The summed E-state index contributed by atoms with van der Waals surface area (Å²) in [6.45, 7) is 2.36. The number of aromatic nitrogens is 3. The van der Waals surface area contributed by atoms with Crippen LogP contribution in [0.25, 0.3) is 11.6 Å². The van der Waals surface area contributed by atoms with Gasteiger partial charge in [0.15, 0.2) is 11.6 Å². The minimum Gasteiger partial charge on any atom is -0.461 e. The molecule has 6 nitrogen and oxygen atoms in total. The SMILES string of the molecule is O=c1[nH]c(-c2ccco2)nc2c1CCN(Cc1ccc[nH]1)C2. The third kappa shape index (κ3) is 2.37. The van der Waals surface area contributed by atoms with E-state index in [1.807, 2.05) is 12.3 Å². The highest BCUT2D eigenvalue weighted by Crippen LogP contribution is 2.19. The van der Waals surface area contributed by atoms with Gasteiger partial charge in [0.05, 0.1) is 12.0 Å². The Labute approximate surface area is 126 Å². The summed E-state index contributed by atoms with van der Waals surface area (Å²) in [5, 5.41) is 0. The summed E-state index contributed by atoms with van der Waals surface area (Å²) in [5.41, 5.74) is 2.74. The van der Waals surface area contributed by atoms with Gasteiger partial charge in [0.2, 0.25) is 0 Å². The molecule has 0 spiro atoms. The summed E-state index contributed by atoms with van der Waals surface area (Å²) >= 11 is 0. The molecule has 0 atom stereocenters. The number of H-pyrrole nitrogens is 2. The van der Waals surface area contributed by atoms with Crippen molar-refractivity contribution in [1.29, 1.82) is 0 Å². The predicted molar refractivity (Wildman–Crippen MR) is 81.2 cm³/mol. The van der Waals surface area contributed by atoms with Crippen LogP contribution in [0.2, 0.25) is 0 Å². The Hall–Kier alpha value is -2.60. The number of furan rings is 1. The molecule has 0 saturated heterocycles. The van der Waals surface area contributed by atoms with E-state index in [1.54, 1.807) is 18.4 Å². The molecule has 0 saturated carbocycles. The molecule has 4 rings (SSSR count). The third-order valence-corrected chi connectivity index (χ3v) is 3.96. The van der Waals surface area contributed by atoms with Crippen molar-refractivity contribution in [3.63, 3.8) is 0 Å². The Morgan fingerprint density at radius 1 is 1.32 bits per heavy atom. The molecule has 6 heteroatoms. The van der Waals surface area contributed by atoms with Gasteiger partial charge >= 0.3 is 0 Å². The van der Waals surface area contributed by atoms with E-state index in [2.05, 4.69) is 25.9 Å². The Morgan fingerprint density at radius 2 is 2.27 bits per heavy atom. The number of rotatable bonds is 3. The van der Waals surface area contributed by atoms with Crippen LogP contribution in [0.4, 0.5) is 0 Å². The van der Waals surface area contributed by atoms with Crippen LogP contribution in [0, 0.1) is 0 Å². The van der Waals surface area contributed by atoms with Crippen LogP contribution in [-0.4, -0.2) is 26.4 Å². The van der Waals surface area contributed by atoms with Gasteiger partial charge in [0, 0.05) is 37.1 Å². The zero-order valence-corrected chi connectivity index (χ0v) is 12.0. The van der Waals surface area contributed by atoms with Gasteiger partial charge in [-0.25, -0.2) is 4.98 Å². The molecule has 112 valence electrons. The molecular weight excluding hydrogens is 280 g/mol. The molecule has 3 aromatic rings. The normalized spacial score (nSPS) is 14.9. The van der Waals surface area contributed by atoms with Gasteiger partial charge in [0.1, 0.15) is 0 Å². The minimum atomic E-state index is -0.0593. The van der Waals surface area contributed by atoms with Gasteiger partial charge < -0.3 is 14.4 Å². The van der Waals surface area contributed by atoms with Crippen molar-refractivity contribution < 1.29 is 4.42 Å². The van der Waals surface area contributed by atoms with Crippen molar-refractivity contribution in [1.82, 2.24) is 19.9 Å². The van der Waals surface area contributed by atoms with E-state index in [-0.39, 0.29) is 5.56 Å². The molecule has 3 aromatic heterocycles. The zero-order valence-electron chi connectivity index (χ0n) is 12.0. The molecule has 22 heavy (non-hydrogen) atoms. The van der Waals surface area contributed by atoms with Crippen LogP contribution >= 0.6 is 0 Å². The van der Waals surface area contributed by atoms with Gasteiger partial charge in [-0.1, -0.05) is 0 Å². The highest BCUT2D eigenvalue weighted by atomic mass is 16.3. The molecule has 0 unspecified atom stereocenters. The van der Waals surface area contributed by atoms with E-state index in [1.165, 1.54) is 5.69 Å². The summed E-state index contributed by atoms with van der Waals surface area (Å²) in [6.07, 6.45) is 4.22. The zero-order chi connectivity index (χ0) is 14.9. The number of hydrogen-bond acceptors (Lipinski definition) is 4. The maximum absolute atomic E-state index is 12.2. The third-order valence-electron chi connectivity index (χ3n) is 3.96. The minimum absolute atomic E-state index is 0.0593. The molecule has 2 N–H and O–H groups in total.